The smallest absolute Gasteiger partial charge is 0.309 e. The van der Waals surface area contributed by atoms with Crippen molar-refractivity contribution in [2.45, 2.75) is 145 Å². The van der Waals surface area contributed by atoms with Gasteiger partial charge in [0.2, 0.25) is 5.91 Å². The molecule has 1 amide bonds. The number of morpholine rings is 1. The number of esters is 1. The molecule has 6 saturated carbocycles. The van der Waals surface area contributed by atoms with Gasteiger partial charge in [0.15, 0.2) is 0 Å². The molecule has 7 heteroatoms. The molecule has 7 rings (SSSR count). The summed E-state index contributed by atoms with van der Waals surface area (Å²) >= 11 is 0. The van der Waals surface area contributed by atoms with Crippen LogP contribution in [0.25, 0.3) is 0 Å². The molecule has 7 fully saturated rings. The maximum absolute atomic E-state index is 14.7. The van der Waals surface area contributed by atoms with E-state index in [1.54, 1.807) is 13.8 Å². The summed E-state index contributed by atoms with van der Waals surface area (Å²) in [7, 11) is 0. The Morgan fingerprint density at radius 3 is 2.10 bits per heavy atom. The number of carbonyl (C=O) groups excluding carboxylic acids is 2. The maximum Gasteiger partial charge on any atom is 0.309 e. The fourth-order valence-corrected chi connectivity index (χ4v) is 14.2. The number of fused-ring (bicyclic) bond motifs is 7. The summed E-state index contributed by atoms with van der Waals surface area (Å²) in [6, 6.07) is 0. The average Bonchev–Trinajstić information content (AvgIpc) is 3.63. The lowest BCUT2D eigenvalue weighted by atomic mass is 9.32. The first-order valence-electron chi connectivity index (χ1n) is 19.7. The second-order valence-electron chi connectivity index (χ2n) is 20.3. The number of amides is 1. The summed E-state index contributed by atoms with van der Waals surface area (Å²) in [6.45, 7) is 21.1. The van der Waals surface area contributed by atoms with E-state index in [-0.39, 0.29) is 45.6 Å². The third kappa shape index (κ3) is 4.84. The highest BCUT2D eigenvalue weighted by molar-refractivity contribution is 5.84. The minimum atomic E-state index is -1.13. The van der Waals surface area contributed by atoms with E-state index >= 15 is 0 Å². The molecule has 6 aliphatic carbocycles. The molecule has 1 saturated heterocycles. The molecule has 48 heavy (non-hydrogen) atoms. The van der Waals surface area contributed by atoms with Gasteiger partial charge >= 0.3 is 11.9 Å². The molecule has 1 N–H and O–H groups in total. The molecule has 1 heterocycles. The van der Waals surface area contributed by atoms with Crippen LogP contribution in [0.3, 0.4) is 0 Å². The Balaban J connectivity index is 1.16. The van der Waals surface area contributed by atoms with Crippen LogP contribution < -0.4 is 0 Å². The van der Waals surface area contributed by atoms with Crippen LogP contribution in [0.15, 0.2) is 0 Å². The number of carboxylic acid groups (broad SMARTS) is 1. The minimum Gasteiger partial charge on any atom is -0.481 e. The van der Waals surface area contributed by atoms with Crippen molar-refractivity contribution in [3.05, 3.63) is 0 Å². The van der Waals surface area contributed by atoms with Crippen LogP contribution in [0.5, 0.6) is 0 Å². The first-order chi connectivity index (χ1) is 22.4. The predicted octanol–water partition coefficient (Wildman–Crippen LogP) is 8.14. The first-order valence-corrected chi connectivity index (χ1v) is 19.7. The van der Waals surface area contributed by atoms with Gasteiger partial charge in [-0.2, -0.15) is 0 Å². The summed E-state index contributed by atoms with van der Waals surface area (Å²) in [5, 5.41) is 9.60. The zero-order valence-electron chi connectivity index (χ0n) is 31.4. The van der Waals surface area contributed by atoms with Gasteiger partial charge in [-0.3, -0.25) is 14.4 Å². The maximum atomic E-state index is 14.7. The summed E-state index contributed by atoms with van der Waals surface area (Å²) in [4.78, 5) is 41.7. The van der Waals surface area contributed by atoms with Gasteiger partial charge in [0.05, 0.1) is 30.5 Å². The summed E-state index contributed by atoms with van der Waals surface area (Å²) in [5.74, 6) is 1.90. The molecule has 0 spiro atoms. The third-order valence-corrected chi connectivity index (χ3v) is 17.5. The van der Waals surface area contributed by atoms with Crippen LogP contribution in [0.1, 0.15) is 139 Å². The largest absolute Gasteiger partial charge is 0.481 e. The average molecular weight is 668 g/mol. The van der Waals surface area contributed by atoms with E-state index in [0.717, 1.165) is 51.6 Å². The van der Waals surface area contributed by atoms with Gasteiger partial charge in [-0.1, -0.05) is 41.5 Å². The fraction of sp³-hybridized carbons (Fsp3) is 0.927. The van der Waals surface area contributed by atoms with Gasteiger partial charge in [-0.25, -0.2) is 0 Å². The van der Waals surface area contributed by atoms with E-state index in [1.165, 1.54) is 38.5 Å². The van der Waals surface area contributed by atoms with E-state index in [9.17, 15) is 19.5 Å². The Labute approximate surface area is 290 Å². The quantitative estimate of drug-likeness (QED) is 0.288. The van der Waals surface area contributed by atoms with Gasteiger partial charge in [0.1, 0.15) is 6.10 Å². The summed E-state index contributed by atoms with van der Waals surface area (Å²) < 4.78 is 11.9. The Kier molecular flexibility index (Phi) is 8.11. The summed E-state index contributed by atoms with van der Waals surface area (Å²) in [5.41, 5.74) is -0.532. The highest BCUT2D eigenvalue weighted by atomic mass is 16.5. The van der Waals surface area contributed by atoms with Crippen LogP contribution >= 0.6 is 0 Å². The molecule has 10 atom stereocenters. The molecule has 0 aromatic rings. The molecule has 7 nitrogen and oxygen atoms in total. The van der Waals surface area contributed by atoms with Gasteiger partial charge in [-0.15, -0.1) is 0 Å². The van der Waals surface area contributed by atoms with Crippen LogP contribution in [0.4, 0.5) is 0 Å². The number of nitrogens with zero attached hydrogens (tertiary/aromatic N) is 1. The number of ether oxygens (including phenoxy) is 2. The van der Waals surface area contributed by atoms with E-state index < -0.39 is 11.4 Å². The zero-order valence-corrected chi connectivity index (χ0v) is 31.4. The standard InChI is InChI=1S/C41H65NO6/c1-35(2,34(45)46)25-31(43)48-30-13-14-38(6)28(36(30,3)4)12-15-40(8)29(38)10-9-27-32-26(37(5)17-18-37)11-16-41(32,20-19-39(27,40)7)33(44)42-21-23-47-24-22-42/h26-30,32H,9-25H2,1-8H3,(H,45,46). The Hall–Kier alpha value is -1.63. The molecule has 10 unspecified atom stereocenters. The van der Waals surface area contributed by atoms with Crippen molar-refractivity contribution in [1.82, 2.24) is 4.90 Å². The number of aliphatic carboxylic acids is 1. The fourth-order valence-electron chi connectivity index (χ4n) is 14.2. The van der Waals surface area contributed by atoms with Crippen molar-refractivity contribution < 1.29 is 29.0 Å². The number of hydrogen-bond acceptors (Lipinski definition) is 5. The molecule has 0 radical (unpaired) electrons. The number of carboxylic acids is 1. The molecular weight excluding hydrogens is 602 g/mol. The van der Waals surface area contributed by atoms with Crippen molar-refractivity contribution in [2.24, 2.45) is 67.5 Å². The van der Waals surface area contributed by atoms with E-state index in [2.05, 4.69) is 46.4 Å². The molecule has 0 bridgehead atoms. The Bertz CT molecular complexity index is 1330. The highest BCUT2D eigenvalue weighted by Gasteiger charge is 2.73. The highest BCUT2D eigenvalue weighted by Crippen LogP contribution is 2.79. The Morgan fingerprint density at radius 2 is 1.46 bits per heavy atom. The van der Waals surface area contributed by atoms with E-state index in [1.807, 2.05) is 0 Å². The number of carbonyl (C=O) groups is 3. The first kappa shape index (κ1) is 34.8. The lowest BCUT2D eigenvalue weighted by Crippen LogP contribution is -2.68. The van der Waals surface area contributed by atoms with Crippen LogP contribution in [0, 0.1) is 67.5 Å². The topological polar surface area (TPSA) is 93.1 Å². The van der Waals surface area contributed by atoms with Crippen molar-refractivity contribution >= 4 is 17.8 Å². The number of hydrogen-bond donors (Lipinski definition) is 1. The molecule has 0 aromatic carbocycles. The predicted molar refractivity (Wildman–Crippen MR) is 185 cm³/mol. The molecular formula is C41H65NO6. The SMILES string of the molecule is CC(C)(CC(=O)OC1CCC2(C)C(CCC3(C)C2CCC2C4C(C5(C)CC5)CCC4(C(=O)N4CCOCC4)CCC23C)C1(C)C)C(=O)O. The molecule has 1 aliphatic heterocycles. The van der Waals surface area contributed by atoms with E-state index in [0.29, 0.717) is 54.1 Å². The second-order valence-corrected chi connectivity index (χ2v) is 20.3. The van der Waals surface area contributed by atoms with Crippen molar-refractivity contribution in [3.63, 3.8) is 0 Å². The third-order valence-electron chi connectivity index (χ3n) is 17.5. The molecule has 0 aromatic heterocycles. The monoisotopic (exact) mass is 667 g/mol. The summed E-state index contributed by atoms with van der Waals surface area (Å²) in [6.07, 6.45) is 13.6. The second kappa shape index (κ2) is 11.2. The molecule has 270 valence electrons. The van der Waals surface area contributed by atoms with Crippen LogP contribution in [0.2, 0.25) is 0 Å². The van der Waals surface area contributed by atoms with Gasteiger partial charge in [-0.05, 0) is 142 Å². The Morgan fingerprint density at radius 1 is 0.771 bits per heavy atom. The van der Waals surface area contributed by atoms with Gasteiger partial charge < -0.3 is 19.5 Å². The van der Waals surface area contributed by atoms with Crippen molar-refractivity contribution in [2.75, 3.05) is 26.3 Å². The van der Waals surface area contributed by atoms with Crippen LogP contribution in [-0.2, 0) is 23.9 Å². The minimum absolute atomic E-state index is 0.103. The normalized spacial score (nSPS) is 46.0. The lowest BCUT2D eigenvalue weighted by Gasteiger charge is -2.73. The van der Waals surface area contributed by atoms with E-state index in [4.69, 9.17) is 9.47 Å². The zero-order chi connectivity index (χ0) is 34.7. The molecule has 7 aliphatic rings. The van der Waals surface area contributed by atoms with Gasteiger partial charge in [0, 0.05) is 18.5 Å². The van der Waals surface area contributed by atoms with Gasteiger partial charge in [0.25, 0.3) is 0 Å². The van der Waals surface area contributed by atoms with Crippen LogP contribution in [-0.4, -0.2) is 60.3 Å². The lowest BCUT2D eigenvalue weighted by molar-refractivity contribution is -0.252. The van der Waals surface area contributed by atoms with Crippen molar-refractivity contribution in [1.29, 1.82) is 0 Å². The number of rotatable bonds is 6. The van der Waals surface area contributed by atoms with Crippen molar-refractivity contribution in [3.8, 4) is 0 Å².